The number of nitrogens with zero attached hydrogens (tertiary/aromatic N) is 3. The lowest BCUT2D eigenvalue weighted by Gasteiger charge is -2.40. The van der Waals surface area contributed by atoms with Crippen LogP contribution in [-0.4, -0.2) is 63.3 Å². The Hall–Kier alpha value is -2.84. The zero-order chi connectivity index (χ0) is 23.0. The Morgan fingerprint density at radius 2 is 1.91 bits per heavy atom. The monoisotopic (exact) mass is 439 g/mol. The van der Waals surface area contributed by atoms with Crippen molar-refractivity contribution in [2.45, 2.75) is 46.1 Å². The summed E-state index contributed by atoms with van der Waals surface area (Å²) in [5.74, 6) is -1.56. The number of morpholine rings is 1. The van der Waals surface area contributed by atoms with Gasteiger partial charge in [-0.05, 0) is 53.9 Å². The van der Waals surface area contributed by atoms with Gasteiger partial charge < -0.3 is 14.9 Å². The maximum absolute atomic E-state index is 12.2. The van der Waals surface area contributed by atoms with Crippen molar-refractivity contribution in [3.05, 3.63) is 57.7 Å². The molecule has 0 spiro atoms. The average molecular weight is 440 g/mol. The largest absolute Gasteiger partial charge is 0.478 e. The fourth-order valence-corrected chi connectivity index (χ4v) is 5.00. The van der Waals surface area contributed by atoms with Crippen molar-refractivity contribution < 1.29 is 24.5 Å². The fraction of sp³-hybridized carbons (Fsp3) is 0.500. The number of aromatic nitrogens is 2. The summed E-state index contributed by atoms with van der Waals surface area (Å²) in [7, 11) is 0. The minimum atomic E-state index is -1.12. The molecule has 2 aliphatic rings. The van der Waals surface area contributed by atoms with Gasteiger partial charge in [0.25, 0.3) is 0 Å². The van der Waals surface area contributed by atoms with Gasteiger partial charge in [-0.25, -0.2) is 19.6 Å². The van der Waals surface area contributed by atoms with Crippen LogP contribution in [0.2, 0.25) is 0 Å². The summed E-state index contributed by atoms with van der Waals surface area (Å²) in [5, 5.41) is 19.4. The Morgan fingerprint density at radius 3 is 2.56 bits per heavy atom. The number of fused-ring (bicyclic) bond motifs is 1. The number of carbonyl (C=O) groups is 2. The molecule has 1 fully saturated rings. The van der Waals surface area contributed by atoms with Gasteiger partial charge in [0.15, 0.2) is 0 Å². The molecule has 0 amide bonds. The molecule has 1 aliphatic carbocycles. The molecule has 8 heteroatoms. The van der Waals surface area contributed by atoms with Gasteiger partial charge in [0, 0.05) is 25.0 Å². The molecule has 4 rings (SSSR count). The van der Waals surface area contributed by atoms with Crippen LogP contribution in [0.15, 0.2) is 18.3 Å². The van der Waals surface area contributed by atoms with E-state index < -0.39 is 11.9 Å². The average Bonchev–Trinajstić information content (AvgIpc) is 2.73. The third kappa shape index (κ3) is 4.25. The van der Waals surface area contributed by atoms with Crippen LogP contribution >= 0.6 is 0 Å². The molecule has 2 N–H and O–H groups in total. The van der Waals surface area contributed by atoms with Crippen LogP contribution in [0.5, 0.6) is 0 Å². The normalized spacial score (nSPS) is 20.5. The highest BCUT2D eigenvalue weighted by molar-refractivity contribution is 5.97. The number of rotatable bonds is 5. The molecule has 1 aliphatic heterocycles. The SMILES string of the molecule is Cc1c(C(=O)O)ccc(C2Cc3nc(CN4CCOCC4)ncc3CC2(C)C)c1C(=O)O. The van der Waals surface area contributed by atoms with E-state index in [1.54, 1.807) is 13.0 Å². The quantitative estimate of drug-likeness (QED) is 0.731. The zero-order valence-electron chi connectivity index (χ0n) is 18.7. The van der Waals surface area contributed by atoms with E-state index in [0.717, 1.165) is 36.6 Å². The van der Waals surface area contributed by atoms with Crippen molar-refractivity contribution in [1.82, 2.24) is 14.9 Å². The van der Waals surface area contributed by atoms with Crippen molar-refractivity contribution in [3.63, 3.8) is 0 Å². The second kappa shape index (κ2) is 8.60. The van der Waals surface area contributed by atoms with Gasteiger partial charge in [-0.15, -0.1) is 0 Å². The highest BCUT2D eigenvalue weighted by atomic mass is 16.5. The lowest BCUT2D eigenvalue weighted by molar-refractivity contribution is 0.0330. The molecular weight excluding hydrogens is 410 g/mol. The smallest absolute Gasteiger partial charge is 0.336 e. The Balaban J connectivity index is 1.70. The topological polar surface area (TPSA) is 113 Å². The van der Waals surface area contributed by atoms with E-state index in [0.29, 0.717) is 37.3 Å². The molecule has 0 saturated carbocycles. The predicted molar refractivity (Wildman–Crippen MR) is 117 cm³/mol. The minimum absolute atomic E-state index is 0.0234. The third-order valence-electron chi connectivity index (χ3n) is 6.78. The molecule has 0 radical (unpaired) electrons. The summed E-state index contributed by atoms with van der Waals surface area (Å²) in [6.07, 6.45) is 3.23. The van der Waals surface area contributed by atoms with Crippen LogP contribution in [0.1, 0.15) is 68.7 Å². The predicted octanol–water partition coefficient (Wildman–Crippen LogP) is 2.92. The number of benzene rings is 1. The van der Waals surface area contributed by atoms with Crippen LogP contribution < -0.4 is 0 Å². The highest BCUT2D eigenvalue weighted by Gasteiger charge is 2.39. The highest BCUT2D eigenvalue weighted by Crippen LogP contribution is 2.46. The summed E-state index contributed by atoms with van der Waals surface area (Å²) < 4.78 is 5.41. The fourth-order valence-electron chi connectivity index (χ4n) is 5.00. The van der Waals surface area contributed by atoms with Crippen LogP contribution in [0.4, 0.5) is 0 Å². The van der Waals surface area contributed by atoms with E-state index in [9.17, 15) is 19.8 Å². The summed E-state index contributed by atoms with van der Waals surface area (Å²) >= 11 is 0. The molecule has 1 saturated heterocycles. The molecule has 1 aromatic heterocycles. The maximum Gasteiger partial charge on any atom is 0.336 e. The second-order valence-electron chi connectivity index (χ2n) is 9.38. The zero-order valence-corrected chi connectivity index (χ0v) is 18.7. The van der Waals surface area contributed by atoms with Crippen LogP contribution in [-0.2, 0) is 24.1 Å². The van der Waals surface area contributed by atoms with E-state index in [4.69, 9.17) is 9.72 Å². The number of aromatic carboxylic acids is 2. The van der Waals surface area contributed by atoms with Gasteiger partial charge in [-0.1, -0.05) is 19.9 Å². The molecule has 1 aromatic carbocycles. The number of ether oxygens (including phenoxy) is 1. The molecule has 8 nitrogen and oxygen atoms in total. The van der Waals surface area contributed by atoms with E-state index in [1.807, 2.05) is 6.20 Å². The van der Waals surface area contributed by atoms with E-state index in [-0.39, 0.29) is 22.5 Å². The Bertz CT molecular complexity index is 1060. The first-order valence-corrected chi connectivity index (χ1v) is 10.9. The lowest BCUT2D eigenvalue weighted by atomic mass is 9.64. The molecule has 0 bridgehead atoms. The number of hydrogen-bond donors (Lipinski definition) is 2. The minimum Gasteiger partial charge on any atom is -0.478 e. The maximum atomic E-state index is 12.2. The Morgan fingerprint density at radius 1 is 1.19 bits per heavy atom. The molecule has 32 heavy (non-hydrogen) atoms. The number of hydrogen-bond acceptors (Lipinski definition) is 6. The lowest BCUT2D eigenvalue weighted by Crippen LogP contribution is -2.37. The summed E-state index contributed by atoms with van der Waals surface area (Å²) in [6, 6.07) is 3.20. The van der Waals surface area contributed by atoms with Crippen LogP contribution in [0.25, 0.3) is 0 Å². The summed E-state index contributed by atoms with van der Waals surface area (Å²) in [4.78, 5) is 35.4. The van der Waals surface area contributed by atoms with Crippen LogP contribution in [0.3, 0.4) is 0 Å². The van der Waals surface area contributed by atoms with Gasteiger partial charge >= 0.3 is 11.9 Å². The van der Waals surface area contributed by atoms with Gasteiger partial charge in [-0.3, -0.25) is 4.90 Å². The second-order valence-corrected chi connectivity index (χ2v) is 9.38. The number of carboxylic acids is 2. The van der Waals surface area contributed by atoms with Gasteiger partial charge in [0.05, 0.1) is 30.9 Å². The van der Waals surface area contributed by atoms with Gasteiger partial charge in [-0.2, -0.15) is 0 Å². The van der Waals surface area contributed by atoms with Crippen molar-refractivity contribution in [3.8, 4) is 0 Å². The van der Waals surface area contributed by atoms with Crippen molar-refractivity contribution in [2.24, 2.45) is 5.41 Å². The molecule has 2 heterocycles. The van der Waals surface area contributed by atoms with E-state index in [1.165, 1.54) is 6.07 Å². The summed E-state index contributed by atoms with van der Waals surface area (Å²) in [5.41, 5.74) is 2.88. The first kappa shape index (κ1) is 22.4. The first-order chi connectivity index (χ1) is 15.2. The standard InChI is InChI=1S/C24H29N3O5/c1-14-16(22(28)29)4-5-17(21(14)23(30)31)18-10-19-15(11-24(18,2)3)12-25-20(26-19)13-27-6-8-32-9-7-27/h4-5,12,18H,6-11,13H2,1-3H3,(H,28,29)(H,30,31). The van der Waals surface area contributed by atoms with Crippen molar-refractivity contribution in [1.29, 1.82) is 0 Å². The third-order valence-corrected chi connectivity index (χ3v) is 6.78. The van der Waals surface area contributed by atoms with E-state index in [2.05, 4.69) is 23.7 Å². The van der Waals surface area contributed by atoms with Gasteiger partial charge in [0.1, 0.15) is 5.82 Å². The van der Waals surface area contributed by atoms with Crippen molar-refractivity contribution in [2.75, 3.05) is 26.3 Å². The molecular formula is C24H29N3O5. The first-order valence-electron chi connectivity index (χ1n) is 10.9. The molecule has 2 aromatic rings. The Kier molecular flexibility index (Phi) is 6.01. The van der Waals surface area contributed by atoms with Gasteiger partial charge in [0.2, 0.25) is 0 Å². The summed E-state index contributed by atoms with van der Waals surface area (Å²) in [6.45, 7) is 9.61. The van der Waals surface area contributed by atoms with E-state index >= 15 is 0 Å². The number of carboxylic acid groups (broad SMARTS) is 2. The Labute approximate surface area is 187 Å². The van der Waals surface area contributed by atoms with Crippen molar-refractivity contribution >= 4 is 11.9 Å². The molecule has 1 unspecified atom stereocenters. The molecule has 1 atom stereocenters. The molecule has 170 valence electrons. The van der Waals surface area contributed by atoms with Crippen LogP contribution in [0, 0.1) is 12.3 Å².